The number of aliphatic hydroxyl groups is 1. The molecule has 10 N–H and O–H groups in total. The third-order valence-electron chi connectivity index (χ3n) is 9.16. The maximum atomic E-state index is 13.4. The van der Waals surface area contributed by atoms with E-state index >= 15 is 0 Å². The maximum Gasteiger partial charge on any atom is 0.245 e. The molecule has 18 heteroatoms. The van der Waals surface area contributed by atoms with Crippen LogP contribution in [-0.2, 0) is 38.4 Å². The Hall–Kier alpha value is -3.93. The maximum absolute atomic E-state index is 13.4. The highest BCUT2D eigenvalue weighted by Crippen LogP contribution is 2.27. The van der Waals surface area contributed by atoms with E-state index in [1.807, 2.05) is 20.1 Å². The van der Waals surface area contributed by atoms with Crippen molar-refractivity contribution < 1.29 is 43.5 Å². The lowest BCUT2D eigenvalue weighted by Crippen LogP contribution is -2.60. The Morgan fingerprint density at radius 1 is 0.648 bits per heavy atom. The number of nitrogens with one attached hydrogen (secondary N) is 7. The van der Waals surface area contributed by atoms with Gasteiger partial charge in [-0.05, 0) is 62.9 Å². The Bertz CT molecular complexity index is 1290. The van der Waals surface area contributed by atoms with Crippen molar-refractivity contribution in [2.75, 3.05) is 18.6 Å². The predicted octanol–water partition coefficient (Wildman–Crippen LogP) is -0.657. The van der Waals surface area contributed by atoms with E-state index in [4.69, 9.17) is 5.73 Å². The molecule has 0 aliphatic heterocycles. The zero-order chi connectivity index (χ0) is 41.1. The fraction of sp³-hybridized carbons (Fsp3) is 0.778. The highest BCUT2D eigenvalue weighted by Gasteiger charge is 2.33. The van der Waals surface area contributed by atoms with Crippen LogP contribution >= 0.6 is 11.8 Å². The summed E-state index contributed by atoms with van der Waals surface area (Å²) in [5.74, 6) is -4.87. The van der Waals surface area contributed by atoms with E-state index in [0.717, 1.165) is 32.1 Å². The van der Waals surface area contributed by atoms with Crippen molar-refractivity contribution >= 4 is 59.0 Å². The van der Waals surface area contributed by atoms with Gasteiger partial charge in [0.1, 0.15) is 42.3 Å². The number of hydrogen-bond acceptors (Lipinski definition) is 10. The Kier molecular flexibility index (Phi) is 21.8. The molecule has 0 spiro atoms. The number of amides is 8. The van der Waals surface area contributed by atoms with E-state index in [0.29, 0.717) is 12.2 Å². The fourth-order valence-electron chi connectivity index (χ4n) is 6.05. The Morgan fingerprint density at radius 2 is 1.15 bits per heavy atom. The standard InChI is InChI=1S/C36H64N8O9S/c1-19(2)16-26(30(37)47)42-35(52)28(18-45)43-32(49)21(5)38-33(50)25(14-15-54-8)41-31(48)22(6)39-36(53)29(20(3)4)44-34(51)27(40-23(7)46)17-24-12-10-9-11-13-24/h19-22,24-29,45H,9-18H2,1-8H3,(H2,37,47)(H,38,50)(H,39,53)(H,40,46)(H,41,48)(H,42,52)(H,43,49)(H,44,51)/t21-,22-,25-,26-,27-,28-,29-/m0/s1. The summed E-state index contributed by atoms with van der Waals surface area (Å²) in [7, 11) is 0. The first-order valence-corrected chi connectivity index (χ1v) is 20.2. The highest BCUT2D eigenvalue weighted by molar-refractivity contribution is 7.98. The smallest absolute Gasteiger partial charge is 0.245 e. The molecule has 8 amide bonds. The van der Waals surface area contributed by atoms with Crippen LogP contribution in [0.15, 0.2) is 0 Å². The summed E-state index contributed by atoms with van der Waals surface area (Å²) >= 11 is 1.42. The predicted molar refractivity (Wildman–Crippen MR) is 205 cm³/mol. The average molecular weight is 785 g/mol. The third kappa shape index (κ3) is 17.5. The molecule has 1 aliphatic carbocycles. The molecule has 17 nitrogen and oxygen atoms in total. The Balaban J connectivity index is 2.91. The van der Waals surface area contributed by atoms with Crippen molar-refractivity contribution in [3.05, 3.63) is 0 Å². The third-order valence-corrected chi connectivity index (χ3v) is 9.81. The molecule has 0 aromatic carbocycles. The first kappa shape index (κ1) is 48.1. The van der Waals surface area contributed by atoms with Crippen molar-refractivity contribution in [3.63, 3.8) is 0 Å². The molecule has 54 heavy (non-hydrogen) atoms. The monoisotopic (exact) mass is 784 g/mol. The van der Waals surface area contributed by atoms with Crippen molar-refractivity contribution in [2.45, 2.75) is 142 Å². The van der Waals surface area contributed by atoms with Crippen LogP contribution in [0.3, 0.4) is 0 Å². The van der Waals surface area contributed by atoms with Gasteiger partial charge in [0.15, 0.2) is 0 Å². The zero-order valence-electron chi connectivity index (χ0n) is 33.0. The molecule has 0 aromatic rings. The fourth-order valence-corrected chi connectivity index (χ4v) is 6.52. The largest absolute Gasteiger partial charge is 0.394 e. The van der Waals surface area contributed by atoms with E-state index in [1.165, 1.54) is 32.5 Å². The van der Waals surface area contributed by atoms with Gasteiger partial charge < -0.3 is 48.1 Å². The molecule has 308 valence electrons. The summed E-state index contributed by atoms with van der Waals surface area (Å²) in [4.78, 5) is 103. The van der Waals surface area contributed by atoms with Crippen LogP contribution in [0, 0.1) is 17.8 Å². The number of rotatable bonds is 23. The summed E-state index contributed by atoms with van der Waals surface area (Å²) in [6, 6.07) is -7.72. The number of aliphatic hydroxyl groups excluding tert-OH is 1. The van der Waals surface area contributed by atoms with Gasteiger partial charge in [0.2, 0.25) is 47.3 Å². The number of hydrogen-bond donors (Lipinski definition) is 9. The zero-order valence-corrected chi connectivity index (χ0v) is 33.9. The quantitative estimate of drug-likeness (QED) is 0.0632. The molecule has 0 aromatic heterocycles. The molecule has 1 rings (SSSR count). The van der Waals surface area contributed by atoms with Gasteiger partial charge in [0.05, 0.1) is 6.61 Å². The molecule has 1 fully saturated rings. The van der Waals surface area contributed by atoms with Crippen LogP contribution in [0.25, 0.3) is 0 Å². The lowest BCUT2D eigenvalue weighted by Gasteiger charge is -2.29. The van der Waals surface area contributed by atoms with Gasteiger partial charge >= 0.3 is 0 Å². The van der Waals surface area contributed by atoms with Crippen molar-refractivity contribution in [1.29, 1.82) is 0 Å². The van der Waals surface area contributed by atoms with Gasteiger partial charge in [-0.1, -0.05) is 59.8 Å². The number of primary amides is 1. The molecule has 1 saturated carbocycles. The second kappa shape index (κ2) is 24.5. The van der Waals surface area contributed by atoms with Gasteiger partial charge in [-0.3, -0.25) is 38.4 Å². The van der Waals surface area contributed by atoms with Crippen LogP contribution in [0.2, 0.25) is 0 Å². The topological polar surface area (TPSA) is 267 Å². The van der Waals surface area contributed by atoms with Crippen molar-refractivity contribution in [2.24, 2.45) is 23.5 Å². The number of carbonyl (C=O) groups is 8. The van der Waals surface area contributed by atoms with Crippen molar-refractivity contribution in [3.8, 4) is 0 Å². The Morgan fingerprint density at radius 3 is 1.63 bits per heavy atom. The summed E-state index contributed by atoms with van der Waals surface area (Å²) in [6.07, 6.45) is 7.90. The second-order valence-corrected chi connectivity index (χ2v) is 15.8. The summed E-state index contributed by atoms with van der Waals surface area (Å²) in [5.41, 5.74) is 5.38. The Labute approximate surface area is 323 Å². The van der Waals surface area contributed by atoms with Crippen LogP contribution in [0.4, 0.5) is 0 Å². The first-order chi connectivity index (χ1) is 25.3. The van der Waals surface area contributed by atoms with E-state index in [-0.39, 0.29) is 36.5 Å². The highest BCUT2D eigenvalue weighted by atomic mass is 32.2. The lowest BCUT2D eigenvalue weighted by atomic mass is 9.84. The van der Waals surface area contributed by atoms with Gasteiger partial charge in [0.25, 0.3) is 0 Å². The lowest BCUT2D eigenvalue weighted by molar-refractivity contribution is -0.136. The van der Waals surface area contributed by atoms with Crippen LogP contribution in [0.5, 0.6) is 0 Å². The SMILES string of the molecule is CSCC[C@H](NC(=O)[C@H](C)NC(=O)[C@@H](NC(=O)[C@H](CC1CCCCC1)NC(C)=O)C(C)C)C(=O)N[C@@H](C)C(=O)N[C@@H](CO)C(=O)N[C@@H](CC(C)C)C(N)=O. The molecule has 7 atom stereocenters. The van der Waals surface area contributed by atoms with Crippen LogP contribution < -0.4 is 43.0 Å². The summed E-state index contributed by atoms with van der Waals surface area (Å²) < 4.78 is 0. The van der Waals surface area contributed by atoms with E-state index in [1.54, 1.807) is 13.8 Å². The summed E-state index contributed by atoms with van der Waals surface area (Å²) in [6.45, 7) is 10.5. The first-order valence-electron chi connectivity index (χ1n) is 18.8. The summed E-state index contributed by atoms with van der Waals surface area (Å²) in [5, 5.41) is 27.8. The number of nitrogens with two attached hydrogens (primary N) is 1. The normalized spacial score (nSPS) is 17.1. The minimum atomic E-state index is -1.44. The van der Waals surface area contributed by atoms with Gasteiger partial charge in [0, 0.05) is 6.92 Å². The molecule has 0 unspecified atom stereocenters. The second-order valence-electron chi connectivity index (χ2n) is 14.9. The van der Waals surface area contributed by atoms with Crippen molar-refractivity contribution in [1.82, 2.24) is 37.2 Å². The molecule has 0 radical (unpaired) electrons. The number of carbonyl (C=O) groups excluding carboxylic acids is 8. The molecular formula is C36H64N8O9S. The van der Waals surface area contributed by atoms with E-state index < -0.39 is 90.3 Å². The molecule has 0 saturated heterocycles. The van der Waals surface area contributed by atoms with E-state index in [9.17, 15) is 43.5 Å². The molecule has 0 bridgehead atoms. The van der Waals surface area contributed by atoms with Crippen LogP contribution in [0.1, 0.15) is 99.8 Å². The van der Waals surface area contributed by atoms with Gasteiger partial charge in [-0.25, -0.2) is 0 Å². The molecule has 1 aliphatic rings. The van der Waals surface area contributed by atoms with Crippen LogP contribution in [-0.4, -0.2) is 113 Å². The minimum absolute atomic E-state index is 0.0225. The minimum Gasteiger partial charge on any atom is -0.394 e. The molecular weight excluding hydrogens is 721 g/mol. The number of thioether (sulfide) groups is 1. The average Bonchev–Trinajstić information content (AvgIpc) is 3.09. The van der Waals surface area contributed by atoms with Gasteiger partial charge in [-0.2, -0.15) is 11.8 Å². The molecule has 0 heterocycles. The van der Waals surface area contributed by atoms with E-state index in [2.05, 4.69) is 37.2 Å². The van der Waals surface area contributed by atoms with Gasteiger partial charge in [-0.15, -0.1) is 0 Å².